The van der Waals surface area contributed by atoms with Gasteiger partial charge in [0.2, 0.25) is 0 Å². The minimum atomic E-state index is -1.04. The van der Waals surface area contributed by atoms with Gasteiger partial charge in [-0.15, -0.1) is 5.10 Å². The molecule has 0 saturated heterocycles. The molecule has 0 aliphatic heterocycles. The molecule has 0 aliphatic rings. The number of hydrogen-bond donors (Lipinski definition) is 1. The second-order valence-corrected chi connectivity index (χ2v) is 12.3. The minimum absolute atomic E-state index is 0.0921. The van der Waals surface area contributed by atoms with Gasteiger partial charge >= 0.3 is 5.97 Å². The number of carbonyl (C=O) groups is 1. The molecule has 0 atom stereocenters. The first-order valence-corrected chi connectivity index (χ1v) is 17.0. The summed E-state index contributed by atoms with van der Waals surface area (Å²) in [4.78, 5) is 22.3. The molecule has 1 N–H and O–H groups in total. The highest BCUT2D eigenvalue weighted by Crippen LogP contribution is 2.43. The van der Waals surface area contributed by atoms with E-state index in [0.717, 1.165) is 51.8 Å². The highest BCUT2D eigenvalue weighted by molar-refractivity contribution is 5.92. The second kappa shape index (κ2) is 15.0. The first kappa shape index (κ1) is 33.0. The van der Waals surface area contributed by atoms with Gasteiger partial charge in [-0.1, -0.05) is 153 Å². The molecule has 0 amide bonds. The van der Waals surface area contributed by atoms with Crippen molar-refractivity contribution in [1.29, 1.82) is 0 Å². The Morgan fingerprint density at radius 1 is 0.745 bits per heavy atom. The maximum Gasteiger partial charge on any atom is 0.341 e. The van der Waals surface area contributed by atoms with E-state index in [4.69, 9.17) is 10.3 Å². The highest BCUT2D eigenvalue weighted by Gasteiger charge is 2.42. The van der Waals surface area contributed by atoms with Gasteiger partial charge in [-0.3, -0.25) is 0 Å². The third-order valence-electron chi connectivity index (χ3n) is 9.17. The second-order valence-electron chi connectivity index (χ2n) is 12.3. The Morgan fingerprint density at radius 3 is 1.88 bits per heavy atom. The highest BCUT2D eigenvalue weighted by atomic mass is 16.4. The van der Waals surface area contributed by atoms with Crippen molar-refractivity contribution in [3.63, 3.8) is 0 Å². The van der Waals surface area contributed by atoms with Crippen LogP contribution in [0.2, 0.25) is 0 Å². The zero-order valence-corrected chi connectivity index (χ0v) is 28.2. The molecule has 5 aromatic carbocycles. The monoisotopic (exact) mass is 671 g/mol. The number of aromatic carboxylic acids is 1. The minimum Gasteiger partial charge on any atom is -0.477 e. The van der Waals surface area contributed by atoms with Gasteiger partial charge in [0.05, 0.1) is 0 Å². The SMILES string of the molecule is CCCCN(Cc1ccc(-c2ccccc2-c2nnnn2C(c2ccccc2)(c2ccccc2)c2ccccc2)cc1)c1ncncc1C(=O)O. The molecule has 2 heterocycles. The zero-order valence-electron chi connectivity index (χ0n) is 28.2. The predicted molar refractivity (Wildman–Crippen MR) is 198 cm³/mol. The van der Waals surface area contributed by atoms with Crippen molar-refractivity contribution in [3.05, 3.63) is 180 Å². The maximum absolute atomic E-state index is 12.0. The Kier molecular flexibility index (Phi) is 9.69. The quantitative estimate of drug-likeness (QED) is 0.122. The third-order valence-corrected chi connectivity index (χ3v) is 9.17. The molecular weight excluding hydrogens is 635 g/mol. The van der Waals surface area contributed by atoms with Gasteiger partial charge in [0.1, 0.15) is 23.2 Å². The fourth-order valence-electron chi connectivity index (χ4n) is 6.76. The van der Waals surface area contributed by atoms with Gasteiger partial charge in [-0.2, -0.15) is 0 Å². The molecule has 2 aromatic heterocycles. The molecule has 0 bridgehead atoms. The Labute approximate surface area is 296 Å². The number of carboxylic acid groups (broad SMARTS) is 1. The van der Waals surface area contributed by atoms with Crippen molar-refractivity contribution < 1.29 is 9.90 Å². The van der Waals surface area contributed by atoms with Crippen molar-refractivity contribution in [2.24, 2.45) is 0 Å². The van der Waals surface area contributed by atoms with E-state index in [1.165, 1.54) is 12.5 Å². The molecule has 0 radical (unpaired) electrons. The summed E-state index contributed by atoms with van der Waals surface area (Å²) in [7, 11) is 0. The average molecular weight is 672 g/mol. The summed E-state index contributed by atoms with van der Waals surface area (Å²) >= 11 is 0. The van der Waals surface area contributed by atoms with E-state index in [1.807, 2.05) is 76.3 Å². The third kappa shape index (κ3) is 6.49. The molecule has 0 fully saturated rings. The predicted octanol–water partition coefficient (Wildman–Crippen LogP) is 8.14. The molecule has 0 saturated carbocycles. The molecule has 51 heavy (non-hydrogen) atoms. The summed E-state index contributed by atoms with van der Waals surface area (Å²) in [6, 6.07) is 47.6. The Morgan fingerprint density at radius 2 is 1.31 bits per heavy atom. The molecule has 9 heteroatoms. The van der Waals surface area contributed by atoms with Crippen molar-refractivity contribution in [1.82, 2.24) is 30.2 Å². The number of rotatable bonds is 13. The molecule has 7 rings (SSSR count). The zero-order chi connectivity index (χ0) is 35.0. The number of nitrogens with zero attached hydrogens (tertiary/aromatic N) is 7. The van der Waals surface area contributed by atoms with Crippen LogP contribution in [0.15, 0.2) is 152 Å². The van der Waals surface area contributed by atoms with Crippen molar-refractivity contribution >= 4 is 11.8 Å². The van der Waals surface area contributed by atoms with Gasteiger partial charge in [0, 0.05) is 24.8 Å². The molecule has 0 spiro atoms. The first-order valence-electron chi connectivity index (χ1n) is 17.0. The van der Waals surface area contributed by atoms with Crippen LogP contribution in [0.25, 0.3) is 22.5 Å². The van der Waals surface area contributed by atoms with Gasteiger partial charge in [0.25, 0.3) is 0 Å². The van der Waals surface area contributed by atoms with Crippen LogP contribution < -0.4 is 4.90 Å². The standard InChI is InChI=1S/C42H37N7O2/c1-2-3-27-48(39-38(41(50)51)28-43-30-44-39)29-31-23-25-32(26-24-31)36-21-13-14-22-37(36)40-45-46-47-49(40)42(33-15-7-4-8-16-33,34-17-9-5-10-18-34)35-19-11-6-12-20-35/h4-26,28,30H,2-3,27,29H2,1H3,(H,50,51). The number of aromatic nitrogens is 6. The Hall–Kier alpha value is -6.48. The fourth-order valence-corrected chi connectivity index (χ4v) is 6.76. The lowest BCUT2D eigenvalue weighted by atomic mass is 9.77. The average Bonchev–Trinajstić information content (AvgIpc) is 3.68. The summed E-state index contributed by atoms with van der Waals surface area (Å²) in [5, 5.41) is 23.6. The summed E-state index contributed by atoms with van der Waals surface area (Å²) in [6.07, 6.45) is 4.63. The molecule has 0 aliphatic carbocycles. The van der Waals surface area contributed by atoms with Crippen molar-refractivity contribution in [2.75, 3.05) is 11.4 Å². The van der Waals surface area contributed by atoms with Crippen LogP contribution in [0.5, 0.6) is 0 Å². The van der Waals surface area contributed by atoms with Gasteiger partial charge in [0.15, 0.2) is 5.82 Å². The van der Waals surface area contributed by atoms with Crippen LogP contribution in [0.3, 0.4) is 0 Å². The number of tetrazole rings is 1. The number of hydrogen-bond acceptors (Lipinski definition) is 7. The number of anilines is 1. The van der Waals surface area contributed by atoms with Crippen LogP contribution in [0.1, 0.15) is 52.4 Å². The summed E-state index contributed by atoms with van der Waals surface area (Å²) in [5.74, 6) is 0.00471. The van der Waals surface area contributed by atoms with E-state index in [-0.39, 0.29) is 5.56 Å². The summed E-state index contributed by atoms with van der Waals surface area (Å²) in [5.41, 5.74) is 6.20. The van der Waals surface area contributed by atoms with Gasteiger partial charge < -0.3 is 10.0 Å². The van der Waals surface area contributed by atoms with Gasteiger partial charge in [-0.05, 0) is 50.2 Å². The topological polar surface area (TPSA) is 110 Å². The van der Waals surface area contributed by atoms with Crippen LogP contribution in [-0.4, -0.2) is 47.8 Å². The van der Waals surface area contributed by atoms with Gasteiger partial charge in [-0.25, -0.2) is 19.4 Å². The van der Waals surface area contributed by atoms with Crippen LogP contribution in [0, 0.1) is 0 Å². The van der Waals surface area contributed by atoms with E-state index in [2.05, 4.69) is 94.9 Å². The van der Waals surface area contributed by atoms with Crippen molar-refractivity contribution in [2.45, 2.75) is 31.8 Å². The largest absolute Gasteiger partial charge is 0.477 e. The van der Waals surface area contributed by atoms with E-state index >= 15 is 0 Å². The fraction of sp³-hybridized carbons (Fsp3) is 0.143. The number of carboxylic acids is 1. The van der Waals surface area contributed by atoms with Crippen molar-refractivity contribution in [3.8, 4) is 22.5 Å². The number of unbranched alkanes of at least 4 members (excludes halogenated alkanes) is 1. The van der Waals surface area contributed by atoms with E-state index in [0.29, 0.717) is 24.7 Å². The molecule has 9 nitrogen and oxygen atoms in total. The van der Waals surface area contributed by atoms with Crippen LogP contribution in [-0.2, 0) is 12.1 Å². The normalized spacial score (nSPS) is 11.3. The molecular formula is C42H37N7O2. The molecule has 252 valence electrons. The van der Waals surface area contributed by atoms with Crippen LogP contribution >= 0.6 is 0 Å². The summed E-state index contributed by atoms with van der Waals surface area (Å²) in [6.45, 7) is 3.29. The van der Waals surface area contributed by atoms with Crippen LogP contribution in [0.4, 0.5) is 5.82 Å². The lowest BCUT2D eigenvalue weighted by Crippen LogP contribution is -2.39. The lowest BCUT2D eigenvalue weighted by Gasteiger charge is -2.36. The molecule has 0 unspecified atom stereocenters. The van der Waals surface area contributed by atoms with E-state index < -0.39 is 11.5 Å². The smallest absolute Gasteiger partial charge is 0.341 e. The Balaban J connectivity index is 1.31. The molecule has 7 aromatic rings. The maximum atomic E-state index is 12.0. The van der Waals surface area contributed by atoms with E-state index in [9.17, 15) is 9.90 Å². The lowest BCUT2D eigenvalue weighted by molar-refractivity contribution is 0.0696. The number of benzene rings is 5. The first-order chi connectivity index (χ1) is 25.1. The summed E-state index contributed by atoms with van der Waals surface area (Å²) < 4.78 is 1.95. The Bertz CT molecular complexity index is 2110. The van der Waals surface area contributed by atoms with E-state index in [1.54, 1.807) is 0 Å².